The normalized spacial score (nSPS) is 10.4. The number of methoxy groups -OCH3 is 1. The number of hydrogen-bond donors (Lipinski definition) is 1. The Morgan fingerprint density at radius 1 is 1.50 bits per heavy atom. The average Bonchev–Trinajstić information content (AvgIpc) is 2.76. The first-order valence-electron chi connectivity index (χ1n) is 4.60. The summed E-state index contributed by atoms with van der Waals surface area (Å²) in [5.74, 6) is 0.332. The molecule has 0 saturated carbocycles. The van der Waals surface area contributed by atoms with Crippen LogP contribution < -0.4 is 4.74 Å². The van der Waals surface area contributed by atoms with Crippen molar-refractivity contribution in [3.8, 4) is 11.4 Å². The lowest BCUT2D eigenvalue weighted by molar-refractivity contribution is 0.268. The second-order valence-corrected chi connectivity index (χ2v) is 3.09. The third-order valence-electron chi connectivity index (χ3n) is 2.16. The van der Waals surface area contributed by atoms with E-state index in [0.717, 1.165) is 0 Å². The standard InChI is InChI=1S/C10H10FN3O2/c1-16-9-4-7(11)2-3-8(9)14-6-12-13-10(14)5-15/h2-4,6,15H,5H2,1H3. The van der Waals surface area contributed by atoms with Gasteiger partial charge in [-0.25, -0.2) is 4.39 Å². The predicted molar refractivity (Wildman–Crippen MR) is 53.8 cm³/mol. The van der Waals surface area contributed by atoms with Gasteiger partial charge in [-0.1, -0.05) is 0 Å². The van der Waals surface area contributed by atoms with Crippen LogP contribution in [0.5, 0.6) is 5.75 Å². The molecule has 5 nitrogen and oxygen atoms in total. The molecule has 1 aromatic heterocycles. The number of nitrogens with zero attached hydrogens (tertiary/aromatic N) is 3. The van der Waals surface area contributed by atoms with Crippen LogP contribution in [-0.2, 0) is 6.61 Å². The molecule has 6 heteroatoms. The van der Waals surface area contributed by atoms with Crippen molar-refractivity contribution in [3.63, 3.8) is 0 Å². The van der Waals surface area contributed by atoms with Gasteiger partial charge in [-0.05, 0) is 12.1 Å². The highest BCUT2D eigenvalue weighted by atomic mass is 19.1. The summed E-state index contributed by atoms with van der Waals surface area (Å²) in [7, 11) is 1.45. The molecule has 0 atom stereocenters. The van der Waals surface area contributed by atoms with Gasteiger partial charge in [-0.15, -0.1) is 10.2 Å². The minimum absolute atomic E-state index is 0.249. The Labute approximate surface area is 91.1 Å². The molecule has 0 spiro atoms. The average molecular weight is 223 g/mol. The topological polar surface area (TPSA) is 60.2 Å². The molecule has 16 heavy (non-hydrogen) atoms. The predicted octanol–water partition coefficient (Wildman–Crippen LogP) is 0.907. The van der Waals surface area contributed by atoms with Crippen molar-refractivity contribution in [2.24, 2.45) is 0 Å². The number of benzene rings is 1. The van der Waals surface area contributed by atoms with Gasteiger partial charge in [0.15, 0.2) is 5.82 Å². The molecule has 0 bridgehead atoms. The van der Waals surface area contributed by atoms with Gasteiger partial charge in [0.05, 0.1) is 12.8 Å². The molecule has 0 unspecified atom stereocenters. The second-order valence-electron chi connectivity index (χ2n) is 3.09. The van der Waals surface area contributed by atoms with E-state index in [4.69, 9.17) is 9.84 Å². The first-order chi connectivity index (χ1) is 7.76. The molecule has 0 fully saturated rings. The van der Waals surface area contributed by atoms with Crippen LogP contribution in [0, 0.1) is 5.82 Å². The second kappa shape index (κ2) is 4.28. The Bertz CT molecular complexity index is 499. The fourth-order valence-electron chi connectivity index (χ4n) is 1.42. The summed E-state index contributed by atoms with van der Waals surface area (Å²) in [6.45, 7) is -0.249. The highest BCUT2D eigenvalue weighted by molar-refractivity contribution is 5.47. The van der Waals surface area contributed by atoms with E-state index < -0.39 is 0 Å². The zero-order valence-electron chi connectivity index (χ0n) is 8.59. The van der Waals surface area contributed by atoms with E-state index >= 15 is 0 Å². The van der Waals surface area contributed by atoms with Crippen LogP contribution in [0.3, 0.4) is 0 Å². The van der Waals surface area contributed by atoms with E-state index in [9.17, 15) is 4.39 Å². The first-order valence-corrected chi connectivity index (χ1v) is 4.60. The number of aliphatic hydroxyl groups is 1. The van der Waals surface area contributed by atoms with E-state index in [1.165, 1.54) is 36.2 Å². The number of hydrogen-bond acceptors (Lipinski definition) is 4. The van der Waals surface area contributed by atoms with Gasteiger partial charge < -0.3 is 9.84 Å². The summed E-state index contributed by atoms with van der Waals surface area (Å²) in [6, 6.07) is 4.10. The van der Waals surface area contributed by atoms with Crippen LogP contribution >= 0.6 is 0 Å². The number of aromatic nitrogens is 3. The Morgan fingerprint density at radius 3 is 3.00 bits per heavy atom. The zero-order chi connectivity index (χ0) is 11.5. The Kier molecular flexibility index (Phi) is 2.82. The van der Waals surface area contributed by atoms with Gasteiger partial charge in [0.1, 0.15) is 24.5 Å². The van der Waals surface area contributed by atoms with Crippen molar-refractivity contribution in [3.05, 3.63) is 36.2 Å². The number of ether oxygens (including phenoxy) is 1. The highest BCUT2D eigenvalue weighted by Crippen LogP contribution is 2.24. The zero-order valence-corrected chi connectivity index (χ0v) is 8.59. The minimum Gasteiger partial charge on any atom is -0.494 e. The Morgan fingerprint density at radius 2 is 2.31 bits per heavy atom. The van der Waals surface area contributed by atoms with Crippen LogP contribution in [0.2, 0.25) is 0 Å². The van der Waals surface area contributed by atoms with Gasteiger partial charge in [0.25, 0.3) is 0 Å². The summed E-state index contributed by atoms with van der Waals surface area (Å²) < 4.78 is 19.6. The molecule has 1 N–H and O–H groups in total. The van der Waals surface area contributed by atoms with Crippen LogP contribution in [0.1, 0.15) is 5.82 Å². The maximum Gasteiger partial charge on any atom is 0.163 e. The van der Waals surface area contributed by atoms with E-state index in [1.54, 1.807) is 0 Å². The lowest BCUT2D eigenvalue weighted by Crippen LogP contribution is -2.02. The molecule has 0 amide bonds. The van der Waals surface area contributed by atoms with Crippen LogP contribution in [0.25, 0.3) is 5.69 Å². The van der Waals surface area contributed by atoms with Crippen molar-refractivity contribution in [2.75, 3.05) is 7.11 Å². The van der Waals surface area contributed by atoms with Gasteiger partial charge in [-0.2, -0.15) is 0 Å². The van der Waals surface area contributed by atoms with E-state index in [2.05, 4.69) is 10.2 Å². The van der Waals surface area contributed by atoms with Crippen molar-refractivity contribution in [1.82, 2.24) is 14.8 Å². The molecular weight excluding hydrogens is 213 g/mol. The van der Waals surface area contributed by atoms with Gasteiger partial charge in [0, 0.05) is 6.07 Å². The summed E-state index contributed by atoms with van der Waals surface area (Å²) in [5.41, 5.74) is 0.581. The van der Waals surface area contributed by atoms with E-state index in [1.807, 2.05) is 0 Å². The summed E-state index contributed by atoms with van der Waals surface area (Å²) in [4.78, 5) is 0. The number of aliphatic hydroxyl groups excluding tert-OH is 1. The Hall–Kier alpha value is -1.95. The molecule has 1 heterocycles. The largest absolute Gasteiger partial charge is 0.494 e. The summed E-state index contributed by atoms with van der Waals surface area (Å²) in [5, 5.41) is 16.4. The third kappa shape index (κ3) is 1.74. The maximum atomic E-state index is 13.0. The molecule has 84 valence electrons. The monoisotopic (exact) mass is 223 g/mol. The molecule has 2 rings (SSSR count). The van der Waals surface area contributed by atoms with Crippen molar-refractivity contribution in [2.45, 2.75) is 6.61 Å². The van der Waals surface area contributed by atoms with Crippen molar-refractivity contribution < 1.29 is 14.2 Å². The van der Waals surface area contributed by atoms with Crippen LogP contribution in [0.15, 0.2) is 24.5 Å². The molecule has 0 saturated heterocycles. The fraction of sp³-hybridized carbons (Fsp3) is 0.200. The lowest BCUT2D eigenvalue weighted by atomic mass is 10.2. The maximum absolute atomic E-state index is 13.0. The molecule has 0 aliphatic rings. The molecule has 2 aromatic rings. The quantitative estimate of drug-likeness (QED) is 0.840. The number of rotatable bonds is 3. The molecular formula is C10H10FN3O2. The molecule has 0 aliphatic heterocycles. The first kappa shape index (κ1) is 10.6. The van der Waals surface area contributed by atoms with E-state index in [0.29, 0.717) is 17.3 Å². The SMILES string of the molecule is COc1cc(F)ccc1-n1cnnc1CO. The third-order valence-corrected chi connectivity index (χ3v) is 2.16. The van der Waals surface area contributed by atoms with Crippen molar-refractivity contribution in [1.29, 1.82) is 0 Å². The highest BCUT2D eigenvalue weighted by Gasteiger charge is 2.10. The van der Waals surface area contributed by atoms with Crippen molar-refractivity contribution >= 4 is 0 Å². The summed E-state index contributed by atoms with van der Waals surface area (Å²) >= 11 is 0. The molecule has 0 radical (unpaired) electrons. The lowest BCUT2D eigenvalue weighted by Gasteiger charge is -2.10. The van der Waals surface area contributed by atoms with Crippen LogP contribution in [0.4, 0.5) is 4.39 Å². The van der Waals surface area contributed by atoms with Gasteiger partial charge >= 0.3 is 0 Å². The van der Waals surface area contributed by atoms with E-state index in [-0.39, 0.29) is 12.4 Å². The van der Waals surface area contributed by atoms with Gasteiger partial charge in [-0.3, -0.25) is 4.57 Å². The smallest absolute Gasteiger partial charge is 0.163 e. The molecule has 1 aromatic carbocycles. The minimum atomic E-state index is -0.390. The molecule has 0 aliphatic carbocycles. The summed E-state index contributed by atoms with van der Waals surface area (Å²) in [6.07, 6.45) is 1.43. The number of halogens is 1. The fourth-order valence-corrected chi connectivity index (χ4v) is 1.42. The Balaban J connectivity index is 2.55. The van der Waals surface area contributed by atoms with Gasteiger partial charge in [0.2, 0.25) is 0 Å². The van der Waals surface area contributed by atoms with Crippen LogP contribution in [-0.4, -0.2) is 27.0 Å².